The first-order chi connectivity index (χ1) is 15.6. The van der Waals surface area contributed by atoms with Crippen molar-refractivity contribution in [2.24, 2.45) is 0 Å². The van der Waals surface area contributed by atoms with Crippen LogP contribution in [0.2, 0.25) is 0 Å². The zero-order chi connectivity index (χ0) is 22.3. The van der Waals surface area contributed by atoms with Crippen LogP contribution in [0.1, 0.15) is 33.7 Å². The highest BCUT2D eigenvalue weighted by Crippen LogP contribution is 2.15. The summed E-state index contributed by atoms with van der Waals surface area (Å²) in [5.74, 6) is 0.282. The average Bonchev–Trinajstić information content (AvgIpc) is 3.36. The number of likely N-dealkylation sites (tertiary alicyclic amines) is 1. The number of rotatable bonds is 7. The molecule has 4 rings (SSSR count). The first-order valence-corrected chi connectivity index (χ1v) is 10.5. The van der Waals surface area contributed by atoms with Crippen LogP contribution < -0.4 is 15.6 Å². The summed E-state index contributed by atoms with van der Waals surface area (Å²) in [6, 6.07) is 13.6. The highest BCUT2D eigenvalue weighted by Gasteiger charge is 2.25. The smallest absolute Gasteiger partial charge is 0.271 e. The Hall–Kier alpha value is -3.88. The molecule has 1 aliphatic heterocycles. The molecule has 1 saturated heterocycles. The first kappa shape index (κ1) is 21.4. The van der Waals surface area contributed by atoms with Gasteiger partial charge in [-0.2, -0.15) is 5.10 Å². The number of furan rings is 1. The monoisotopic (exact) mass is 436 g/mol. The van der Waals surface area contributed by atoms with Crippen molar-refractivity contribution in [3.63, 3.8) is 0 Å². The molecule has 0 atom stereocenters. The standard InChI is InChI=1S/C23H24N4O5/c28-21-7-6-20(25-27(21)13-15-32-19-4-2-1-3-5-19)22(29)24-18-8-11-26(12-9-18)23(30)17-10-14-31-16-17/h1-7,10,14,16,18H,8-9,11-13,15H2,(H,24,29). The summed E-state index contributed by atoms with van der Waals surface area (Å²) in [5.41, 5.74) is 0.390. The van der Waals surface area contributed by atoms with E-state index in [-0.39, 0.29) is 42.3 Å². The Kier molecular flexibility index (Phi) is 6.64. The number of amides is 2. The number of para-hydroxylation sites is 1. The SMILES string of the molecule is O=C(NC1CCN(C(=O)c2ccoc2)CC1)c1ccc(=O)n(CCOc2ccccc2)n1. The number of aromatic nitrogens is 2. The van der Waals surface area contributed by atoms with E-state index in [1.54, 1.807) is 11.0 Å². The maximum Gasteiger partial charge on any atom is 0.271 e. The third kappa shape index (κ3) is 5.23. The molecule has 0 saturated carbocycles. The Balaban J connectivity index is 1.29. The van der Waals surface area contributed by atoms with Gasteiger partial charge in [0.05, 0.1) is 18.4 Å². The van der Waals surface area contributed by atoms with Gasteiger partial charge in [-0.15, -0.1) is 0 Å². The topological polar surface area (TPSA) is 107 Å². The maximum atomic E-state index is 12.7. The van der Waals surface area contributed by atoms with Gasteiger partial charge in [0, 0.05) is 25.2 Å². The number of ether oxygens (including phenoxy) is 1. The van der Waals surface area contributed by atoms with Crippen LogP contribution in [0.25, 0.3) is 0 Å². The maximum absolute atomic E-state index is 12.7. The van der Waals surface area contributed by atoms with Gasteiger partial charge in [0.1, 0.15) is 24.3 Å². The summed E-state index contributed by atoms with van der Waals surface area (Å²) < 4.78 is 11.8. The molecule has 0 bridgehead atoms. The van der Waals surface area contributed by atoms with Crippen molar-refractivity contribution in [1.82, 2.24) is 20.0 Å². The van der Waals surface area contributed by atoms with Gasteiger partial charge in [-0.1, -0.05) is 18.2 Å². The Labute approximate surface area is 184 Å². The van der Waals surface area contributed by atoms with Gasteiger partial charge in [0.15, 0.2) is 0 Å². The summed E-state index contributed by atoms with van der Waals surface area (Å²) in [5, 5.41) is 7.14. The minimum Gasteiger partial charge on any atom is -0.492 e. The van der Waals surface area contributed by atoms with E-state index in [0.717, 1.165) is 0 Å². The summed E-state index contributed by atoms with van der Waals surface area (Å²) in [6.07, 6.45) is 4.18. The largest absolute Gasteiger partial charge is 0.492 e. The fourth-order valence-corrected chi connectivity index (χ4v) is 3.55. The quantitative estimate of drug-likeness (QED) is 0.607. The number of carbonyl (C=O) groups is 2. The van der Waals surface area contributed by atoms with Crippen molar-refractivity contribution >= 4 is 11.8 Å². The van der Waals surface area contributed by atoms with E-state index in [1.807, 2.05) is 30.3 Å². The van der Waals surface area contributed by atoms with Gasteiger partial charge >= 0.3 is 0 Å². The molecule has 0 spiro atoms. The number of nitrogens with zero attached hydrogens (tertiary/aromatic N) is 3. The number of carbonyl (C=O) groups excluding carboxylic acids is 2. The molecule has 2 amide bonds. The lowest BCUT2D eigenvalue weighted by Gasteiger charge is -2.32. The number of nitrogens with one attached hydrogen (secondary N) is 1. The van der Waals surface area contributed by atoms with Crippen LogP contribution in [0, 0.1) is 0 Å². The fourth-order valence-electron chi connectivity index (χ4n) is 3.55. The summed E-state index contributed by atoms with van der Waals surface area (Å²) >= 11 is 0. The Bertz CT molecular complexity index is 1100. The van der Waals surface area contributed by atoms with Crippen molar-refractivity contribution < 1.29 is 18.7 Å². The third-order valence-electron chi connectivity index (χ3n) is 5.30. The summed E-state index contributed by atoms with van der Waals surface area (Å²) in [6.45, 7) is 1.56. The molecular weight excluding hydrogens is 412 g/mol. The Morgan fingerprint density at radius 2 is 1.88 bits per heavy atom. The highest BCUT2D eigenvalue weighted by atomic mass is 16.5. The second-order valence-corrected chi connectivity index (χ2v) is 7.49. The molecule has 0 aliphatic carbocycles. The second kappa shape index (κ2) is 9.95. The Morgan fingerprint density at radius 3 is 2.59 bits per heavy atom. The molecule has 3 heterocycles. The predicted octanol–water partition coefficient (Wildman–Crippen LogP) is 1.95. The number of benzene rings is 1. The predicted molar refractivity (Wildman–Crippen MR) is 116 cm³/mol. The molecule has 0 unspecified atom stereocenters. The zero-order valence-corrected chi connectivity index (χ0v) is 17.5. The van der Waals surface area contributed by atoms with Crippen LogP contribution in [0.4, 0.5) is 0 Å². The van der Waals surface area contributed by atoms with Crippen LogP contribution >= 0.6 is 0 Å². The van der Waals surface area contributed by atoms with Crippen LogP contribution in [0.15, 0.2) is 70.3 Å². The highest BCUT2D eigenvalue weighted by molar-refractivity contribution is 5.94. The second-order valence-electron chi connectivity index (χ2n) is 7.49. The van der Waals surface area contributed by atoms with Gasteiger partial charge in [-0.3, -0.25) is 14.4 Å². The number of hydrogen-bond donors (Lipinski definition) is 1. The van der Waals surface area contributed by atoms with Crippen LogP contribution in [0.5, 0.6) is 5.75 Å². The van der Waals surface area contributed by atoms with Gasteiger partial charge in [0.25, 0.3) is 17.4 Å². The van der Waals surface area contributed by atoms with E-state index in [1.165, 1.54) is 29.3 Å². The normalized spacial score (nSPS) is 14.2. The molecule has 1 N–H and O–H groups in total. The zero-order valence-electron chi connectivity index (χ0n) is 17.5. The molecule has 3 aromatic rings. The van der Waals surface area contributed by atoms with E-state index in [2.05, 4.69) is 10.4 Å². The summed E-state index contributed by atoms with van der Waals surface area (Å²) in [4.78, 5) is 38.9. The van der Waals surface area contributed by atoms with E-state index in [0.29, 0.717) is 37.2 Å². The van der Waals surface area contributed by atoms with Crippen LogP contribution in [-0.2, 0) is 6.54 Å². The molecule has 9 nitrogen and oxygen atoms in total. The van der Waals surface area contributed by atoms with E-state index < -0.39 is 0 Å². The number of hydrogen-bond acceptors (Lipinski definition) is 6. The fraction of sp³-hybridized carbons (Fsp3) is 0.304. The van der Waals surface area contributed by atoms with Crippen molar-refractivity contribution in [1.29, 1.82) is 0 Å². The number of piperidine rings is 1. The van der Waals surface area contributed by atoms with E-state index >= 15 is 0 Å². The lowest BCUT2D eigenvalue weighted by molar-refractivity contribution is 0.0696. The minimum atomic E-state index is -0.345. The van der Waals surface area contributed by atoms with Gasteiger partial charge < -0.3 is 19.4 Å². The molecular formula is C23H24N4O5. The molecule has 166 valence electrons. The van der Waals surface area contributed by atoms with Crippen molar-refractivity contribution in [2.45, 2.75) is 25.4 Å². The minimum absolute atomic E-state index is 0.0699. The van der Waals surface area contributed by atoms with Crippen molar-refractivity contribution in [3.8, 4) is 5.75 Å². The molecule has 2 aromatic heterocycles. The molecule has 32 heavy (non-hydrogen) atoms. The van der Waals surface area contributed by atoms with E-state index in [9.17, 15) is 14.4 Å². The molecule has 1 aromatic carbocycles. The lowest BCUT2D eigenvalue weighted by Crippen LogP contribution is -2.46. The van der Waals surface area contributed by atoms with Gasteiger partial charge in [-0.25, -0.2) is 4.68 Å². The van der Waals surface area contributed by atoms with Gasteiger partial charge in [0.2, 0.25) is 0 Å². The van der Waals surface area contributed by atoms with Crippen molar-refractivity contribution in [3.05, 3.63) is 82.7 Å². The lowest BCUT2D eigenvalue weighted by atomic mass is 10.0. The van der Waals surface area contributed by atoms with Gasteiger partial charge in [-0.05, 0) is 37.1 Å². The van der Waals surface area contributed by atoms with Crippen LogP contribution in [0.3, 0.4) is 0 Å². The Morgan fingerprint density at radius 1 is 1.09 bits per heavy atom. The van der Waals surface area contributed by atoms with Crippen molar-refractivity contribution in [2.75, 3.05) is 19.7 Å². The third-order valence-corrected chi connectivity index (χ3v) is 5.30. The summed E-state index contributed by atoms with van der Waals surface area (Å²) in [7, 11) is 0. The molecule has 1 fully saturated rings. The van der Waals surface area contributed by atoms with Crippen LogP contribution in [-0.4, -0.2) is 52.2 Å². The average molecular weight is 436 g/mol. The molecule has 9 heteroatoms. The molecule has 0 radical (unpaired) electrons. The molecule has 1 aliphatic rings. The van der Waals surface area contributed by atoms with E-state index in [4.69, 9.17) is 9.15 Å². The first-order valence-electron chi connectivity index (χ1n) is 10.5.